The Labute approximate surface area is 179 Å². The highest BCUT2D eigenvalue weighted by molar-refractivity contribution is 14.1. The van der Waals surface area contributed by atoms with E-state index in [2.05, 4.69) is 101 Å². The monoisotopic (exact) mass is 530 g/mol. The Kier molecular flexibility index (Phi) is 7.62. The second-order valence-corrected chi connectivity index (χ2v) is 10.8. The van der Waals surface area contributed by atoms with Crippen LogP contribution in [0.5, 0.6) is 0 Å². The van der Waals surface area contributed by atoms with E-state index in [1.54, 1.807) is 0 Å². The molecule has 0 heterocycles. The Balaban J connectivity index is 0.000000416. The summed E-state index contributed by atoms with van der Waals surface area (Å²) >= 11 is 2.61. The highest BCUT2D eigenvalue weighted by atomic mass is 127. The summed E-state index contributed by atoms with van der Waals surface area (Å²) in [6.07, 6.45) is 4.76. The van der Waals surface area contributed by atoms with Gasteiger partial charge in [-0.2, -0.15) is 21.6 Å². The third kappa shape index (κ3) is 5.82. The Morgan fingerprint density at radius 1 is 1.11 bits per heavy atom. The van der Waals surface area contributed by atoms with Gasteiger partial charge in [0.2, 0.25) is 0 Å². The molecule has 158 valence electrons. The van der Waals surface area contributed by atoms with Gasteiger partial charge in [-0.1, -0.05) is 97.8 Å². The van der Waals surface area contributed by atoms with Crippen LogP contribution in [0.15, 0.2) is 47.6 Å². The van der Waals surface area contributed by atoms with Gasteiger partial charge in [0, 0.05) is 9.34 Å². The van der Waals surface area contributed by atoms with Gasteiger partial charge in [0.05, 0.1) is 0 Å². The van der Waals surface area contributed by atoms with Gasteiger partial charge in [-0.3, -0.25) is 4.55 Å². The molecule has 1 aliphatic rings. The van der Waals surface area contributed by atoms with E-state index >= 15 is 0 Å². The van der Waals surface area contributed by atoms with Crippen molar-refractivity contribution in [2.24, 2.45) is 0 Å². The van der Waals surface area contributed by atoms with Crippen LogP contribution in [0.25, 0.3) is 0 Å². The lowest BCUT2D eigenvalue weighted by Crippen LogP contribution is -2.36. The lowest BCUT2D eigenvalue weighted by Gasteiger charge is -2.40. The molecular weight excluding hydrogens is 504 g/mol. The van der Waals surface area contributed by atoms with Crippen LogP contribution in [0.4, 0.5) is 13.2 Å². The smallest absolute Gasteiger partial charge is 0.279 e. The molecule has 0 saturated heterocycles. The van der Waals surface area contributed by atoms with Gasteiger partial charge < -0.3 is 0 Å². The SMILES string of the molecule is CC1=CC(C)(c2ccccc2C(C)(C)C)C(I)C(C)=C1.O=S(=O)(O)C(F)(F)F. The van der Waals surface area contributed by atoms with Crippen molar-refractivity contribution in [3.8, 4) is 0 Å². The van der Waals surface area contributed by atoms with Gasteiger partial charge in [0.15, 0.2) is 0 Å². The van der Waals surface area contributed by atoms with Crippen LogP contribution in [-0.2, 0) is 20.9 Å². The Bertz CT molecular complexity index is 881. The van der Waals surface area contributed by atoms with Gasteiger partial charge in [0.1, 0.15) is 0 Å². The van der Waals surface area contributed by atoms with Crippen LogP contribution >= 0.6 is 22.6 Å². The minimum Gasteiger partial charge on any atom is -0.279 e. The maximum absolute atomic E-state index is 10.7. The molecule has 2 rings (SSSR count). The number of benzene rings is 1. The third-order valence-corrected chi connectivity index (χ3v) is 7.38. The molecule has 0 spiro atoms. The minimum atomic E-state index is -5.84. The zero-order chi connectivity index (χ0) is 22.1. The number of halogens is 4. The fourth-order valence-electron chi connectivity index (χ4n) is 3.31. The van der Waals surface area contributed by atoms with E-state index in [0.29, 0.717) is 3.92 Å². The summed E-state index contributed by atoms with van der Waals surface area (Å²) in [5, 5.41) is 0. The van der Waals surface area contributed by atoms with E-state index in [4.69, 9.17) is 13.0 Å². The van der Waals surface area contributed by atoms with Crippen LogP contribution in [0, 0.1) is 0 Å². The molecule has 0 fully saturated rings. The Morgan fingerprint density at radius 2 is 1.57 bits per heavy atom. The van der Waals surface area contributed by atoms with Crippen molar-refractivity contribution in [2.75, 3.05) is 0 Å². The summed E-state index contributed by atoms with van der Waals surface area (Å²) in [4.78, 5) is 0. The normalized spacial score (nSPS) is 23.3. The lowest BCUT2D eigenvalue weighted by atomic mass is 9.68. The molecule has 1 aliphatic carbocycles. The van der Waals surface area contributed by atoms with Crippen molar-refractivity contribution in [3.63, 3.8) is 0 Å². The van der Waals surface area contributed by atoms with Gasteiger partial charge in [-0.05, 0) is 30.4 Å². The molecule has 8 heteroatoms. The molecule has 1 N–H and O–H groups in total. The first kappa shape index (κ1) is 25.2. The average molecular weight is 530 g/mol. The maximum atomic E-state index is 10.7. The molecular formula is C20H26F3IO3S. The second kappa shape index (κ2) is 8.47. The first-order valence-electron chi connectivity index (χ1n) is 8.56. The van der Waals surface area contributed by atoms with Crippen LogP contribution in [0.2, 0.25) is 0 Å². The van der Waals surface area contributed by atoms with Crippen molar-refractivity contribution in [3.05, 3.63) is 58.7 Å². The molecule has 0 bridgehead atoms. The predicted octanol–water partition coefficient (Wildman–Crippen LogP) is 6.35. The van der Waals surface area contributed by atoms with Gasteiger partial charge in [-0.25, -0.2) is 0 Å². The summed E-state index contributed by atoms with van der Waals surface area (Å²) in [5.74, 6) is 0. The molecule has 0 radical (unpaired) electrons. The minimum absolute atomic E-state index is 0.0767. The average Bonchev–Trinajstić information content (AvgIpc) is 2.50. The number of hydrogen-bond acceptors (Lipinski definition) is 2. The molecule has 2 unspecified atom stereocenters. The van der Waals surface area contributed by atoms with E-state index < -0.39 is 15.6 Å². The predicted molar refractivity (Wildman–Crippen MR) is 115 cm³/mol. The fourth-order valence-corrected chi connectivity index (χ4v) is 4.01. The van der Waals surface area contributed by atoms with Gasteiger partial charge in [-0.15, -0.1) is 0 Å². The van der Waals surface area contributed by atoms with Crippen molar-refractivity contribution >= 4 is 32.7 Å². The summed E-state index contributed by atoms with van der Waals surface area (Å²) in [6, 6.07) is 8.95. The lowest BCUT2D eigenvalue weighted by molar-refractivity contribution is -0.0510. The summed E-state index contributed by atoms with van der Waals surface area (Å²) < 4.78 is 58.0. The quantitative estimate of drug-likeness (QED) is 0.199. The highest BCUT2D eigenvalue weighted by Crippen LogP contribution is 2.45. The first-order chi connectivity index (χ1) is 12.4. The van der Waals surface area contributed by atoms with Crippen LogP contribution in [-0.4, -0.2) is 22.4 Å². The van der Waals surface area contributed by atoms with E-state index in [1.807, 2.05) is 0 Å². The number of rotatable bonds is 1. The fraction of sp³-hybridized carbons (Fsp3) is 0.500. The van der Waals surface area contributed by atoms with Crippen LogP contribution in [0.3, 0.4) is 0 Å². The summed E-state index contributed by atoms with van der Waals surface area (Å²) in [5.41, 5.74) is 0.493. The Hall–Kier alpha value is -0.870. The molecule has 1 aromatic rings. The summed E-state index contributed by atoms with van der Waals surface area (Å²) in [7, 11) is -5.84. The molecule has 1 aromatic carbocycles. The van der Waals surface area contributed by atoms with Crippen LogP contribution in [0.1, 0.15) is 52.7 Å². The molecule has 0 aromatic heterocycles. The van der Waals surface area contributed by atoms with Crippen LogP contribution < -0.4 is 0 Å². The van der Waals surface area contributed by atoms with Gasteiger partial charge >= 0.3 is 15.6 Å². The maximum Gasteiger partial charge on any atom is 0.522 e. The largest absolute Gasteiger partial charge is 0.522 e. The zero-order valence-corrected chi connectivity index (χ0v) is 19.7. The topological polar surface area (TPSA) is 54.4 Å². The molecule has 28 heavy (non-hydrogen) atoms. The first-order valence-corrected chi connectivity index (χ1v) is 11.3. The molecule has 0 amide bonds. The van der Waals surface area contributed by atoms with E-state index in [0.717, 1.165) is 0 Å². The van der Waals surface area contributed by atoms with Crippen molar-refractivity contribution in [2.45, 2.75) is 61.8 Å². The molecule has 0 saturated carbocycles. The van der Waals surface area contributed by atoms with Gasteiger partial charge in [0.25, 0.3) is 0 Å². The zero-order valence-electron chi connectivity index (χ0n) is 16.7. The standard InChI is InChI=1S/C19H25I.CHF3O3S/c1-13-11-14(2)17(20)19(6,12-13)16-10-8-7-9-15(16)18(3,4)5;2-1(3,4)8(5,6)7/h7-12,17H,1-6H3;(H,5,6,7). The highest BCUT2D eigenvalue weighted by Gasteiger charge is 2.44. The second-order valence-electron chi connectivity index (χ2n) is 8.14. The van der Waals surface area contributed by atoms with Crippen molar-refractivity contribution in [1.29, 1.82) is 0 Å². The number of hydrogen-bond donors (Lipinski definition) is 1. The van der Waals surface area contributed by atoms with E-state index in [-0.39, 0.29) is 10.8 Å². The van der Waals surface area contributed by atoms with E-state index in [9.17, 15) is 13.2 Å². The number of alkyl halides is 4. The Morgan fingerprint density at radius 3 is 2.00 bits per heavy atom. The third-order valence-electron chi connectivity index (χ3n) is 4.52. The van der Waals surface area contributed by atoms with Crippen molar-refractivity contribution in [1.82, 2.24) is 0 Å². The molecule has 0 aliphatic heterocycles. The molecule has 3 nitrogen and oxygen atoms in total. The number of allylic oxidation sites excluding steroid dienone is 4. The molecule has 2 atom stereocenters. The summed E-state index contributed by atoms with van der Waals surface area (Å²) in [6.45, 7) is 13.8. The van der Waals surface area contributed by atoms with E-state index in [1.165, 1.54) is 22.3 Å². The van der Waals surface area contributed by atoms with Crippen molar-refractivity contribution < 1.29 is 26.1 Å².